The van der Waals surface area contributed by atoms with Gasteiger partial charge >= 0.3 is 0 Å². The molecular weight excluding hydrogens is 290 g/mol. The molecule has 0 unspecified atom stereocenters. The van der Waals surface area contributed by atoms with Crippen molar-refractivity contribution in [3.05, 3.63) is 0 Å². The average Bonchev–Trinajstić information content (AvgIpc) is 2.65. The van der Waals surface area contributed by atoms with E-state index in [0.29, 0.717) is 19.7 Å². The molecule has 1 aliphatic heterocycles. The minimum absolute atomic E-state index is 0.0671. The molecule has 0 radical (unpaired) electrons. The summed E-state index contributed by atoms with van der Waals surface area (Å²) in [6.07, 6.45) is 6.29. The summed E-state index contributed by atoms with van der Waals surface area (Å²) in [4.78, 5) is 0. The fourth-order valence-corrected chi connectivity index (χ4v) is 4.71. The molecule has 0 aromatic carbocycles. The van der Waals surface area contributed by atoms with Gasteiger partial charge in [-0.05, 0) is 26.7 Å². The van der Waals surface area contributed by atoms with Crippen LogP contribution < -0.4 is 10.5 Å². The lowest BCUT2D eigenvalue weighted by Crippen LogP contribution is -2.57. The summed E-state index contributed by atoms with van der Waals surface area (Å²) in [5.74, 6) is 0. The standard InChI is InChI=1S/C14H29N3O3S/c1-12-10-20-13(2)9-17(12)21(18,19)16-11-14(15)7-5-3-4-6-8-14/h12-13,16H,3-11,15H2,1-2H3/t12-,13+/m0/s1. The lowest BCUT2D eigenvalue weighted by molar-refractivity contribution is -0.0175. The zero-order valence-electron chi connectivity index (χ0n) is 13.2. The van der Waals surface area contributed by atoms with Crippen LogP contribution in [0.3, 0.4) is 0 Å². The van der Waals surface area contributed by atoms with Crippen molar-refractivity contribution in [3.63, 3.8) is 0 Å². The summed E-state index contributed by atoms with van der Waals surface area (Å²) in [6, 6.07) is -0.137. The molecule has 2 fully saturated rings. The second kappa shape index (κ2) is 6.91. The van der Waals surface area contributed by atoms with E-state index in [1.165, 1.54) is 17.1 Å². The van der Waals surface area contributed by atoms with Gasteiger partial charge in [0, 0.05) is 24.7 Å². The molecule has 7 heteroatoms. The molecule has 6 nitrogen and oxygen atoms in total. The molecule has 0 spiro atoms. The van der Waals surface area contributed by atoms with Gasteiger partial charge < -0.3 is 10.5 Å². The topological polar surface area (TPSA) is 84.7 Å². The van der Waals surface area contributed by atoms with Crippen LogP contribution in [-0.2, 0) is 14.9 Å². The highest BCUT2D eigenvalue weighted by Gasteiger charge is 2.35. The smallest absolute Gasteiger partial charge is 0.279 e. The molecule has 2 aliphatic rings. The molecule has 1 saturated heterocycles. The molecule has 124 valence electrons. The van der Waals surface area contributed by atoms with E-state index < -0.39 is 15.7 Å². The number of nitrogens with one attached hydrogen (secondary N) is 1. The van der Waals surface area contributed by atoms with Gasteiger partial charge in [0.1, 0.15) is 0 Å². The Balaban J connectivity index is 1.96. The van der Waals surface area contributed by atoms with Gasteiger partial charge in [-0.15, -0.1) is 0 Å². The number of rotatable bonds is 4. The van der Waals surface area contributed by atoms with Crippen LogP contribution in [0.2, 0.25) is 0 Å². The summed E-state index contributed by atoms with van der Waals surface area (Å²) >= 11 is 0. The van der Waals surface area contributed by atoms with Gasteiger partial charge in [-0.2, -0.15) is 12.7 Å². The van der Waals surface area contributed by atoms with E-state index in [-0.39, 0.29) is 12.1 Å². The lowest BCUT2D eigenvalue weighted by atomic mass is 9.92. The Morgan fingerprint density at radius 3 is 2.48 bits per heavy atom. The van der Waals surface area contributed by atoms with Crippen LogP contribution in [0, 0.1) is 0 Å². The molecular formula is C14H29N3O3S. The number of nitrogens with zero attached hydrogens (tertiary/aromatic N) is 1. The van der Waals surface area contributed by atoms with Gasteiger partial charge in [0.25, 0.3) is 10.2 Å². The lowest BCUT2D eigenvalue weighted by Gasteiger charge is -2.37. The van der Waals surface area contributed by atoms with E-state index in [9.17, 15) is 8.42 Å². The molecule has 0 bridgehead atoms. The highest BCUT2D eigenvalue weighted by Crippen LogP contribution is 2.25. The molecule has 2 atom stereocenters. The maximum atomic E-state index is 12.5. The predicted molar refractivity (Wildman–Crippen MR) is 83.1 cm³/mol. The fourth-order valence-electron chi connectivity index (χ4n) is 3.14. The van der Waals surface area contributed by atoms with Gasteiger partial charge in [-0.1, -0.05) is 25.7 Å². The number of hydrogen-bond donors (Lipinski definition) is 2. The van der Waals surface area contributed by atoms with Crippen molar-refractivity contribution in [2.75, 3.05) is 19.7 Å². The molecule has 1 saturated carbocycles. The monoisotopic (exact) mass is 319 g/mol. The molecule has 1 aliphatic carbocycles. The van der Waals surface area contributed by atoms with Gasteiger partial charge in [0.2, 0.25) is 0 Å². The molecule has 2 rings (SSSR count). The molecule has 0 aromatic rings. The summed E-state index contributed by atoms with van der Waals surface area (Å²) in [7, 11) is -3.49. The van der Waals surface area contributed by atoms with Crippen molar-refractivity contribution < 1.29 is 13.2 Å². The third-order valence-electron chi connectivity index (χ3n) is 4.57. The number of hydrogen-bond acceptors (Lipinski definition) is 4. The summed E-state index contributed by atoms with van der Waals surface area (Å²) < 4.78 is 34.8. The van der Waals surface area contributed by atoms with Crippen molar-refractivity contribution in [2.24, 2.45) is 5.73 Å². The van der Waals surface area contributed by atoms with Gasteiger partial charge in [-0.3, -0.25) is 0 Å². The highest BCUT2D eigenvalue weighted by atomic mass is 32.2. The number of morpholine rings is 1. The molecule has 3 N–H and O–H groups in total. The van der Waals surface area contributed by atoms with Crippen LogP contribution in [0.15, 0.2) is 0 Å². The zero-order valence-corrected chi connectivity index (χ0v) is 14.0. The van der Waals surface area contributed by atoms with Crippen LogP contribution >= 0.6 is 0 Å². The van der Waals surface area contributed by atoms with Crippen LogP contribution in [0.5, 0.6) is 0 Å². The van der Waals surface area contributed by atoms with Crippen molar-refractivity contribution >= 4 is 10.2 Å². The molecule has 21 heavy (non-hydrogen) atoms. The Bertz CT molecular complexity index is 433. The van der Waals surface area contributed by atoms with Crippen molar-refractivity contribution in [3.8, 4) is 0 Å². The maximum Gasteiger partial charge on any atom is 0.279 e. The second-order valence-corrected chi connectivity index (χ2v) is 8.37. The van der Waals surface area contributed by atoms with E-state index >= 15 is 0 Å². The van der Waals surface area contributed by atoms with E-state index in [4.69, 9.17) is 10.5 Å². The quantitative estimate of drug-likeness (QED) is 0.757. The second-order valence-electron chi connectivity index (χ2n) is 6.67. The minimum atomic E-state index is -3.49. The number of nitrogens with two attached hydrogens (primary N) is 1. The Hall–Kier alpha value is -0.210. The third-order valence-corrected chi connectivity index (χ3v) is 6.20. The van der Waals surface area contributed by atoms with Crippen LogP contribution in [-0.4, -0.2) is 50.1 Å². The Kier molecular flexibility index (Phi) is 5.65. The van der Waals surface area contributed by atoms with Crippen molar-refractivity contribution in [1.29, 1.82) is 0 Å². The third kappa shape index (κ3) is 4.63. The van der Waals surface area contributed by atoms with Gasteiger partial charge in [-0.25, -0.2) is 4.72 Å². The maximum absolute atomic E-state index is 12.5. The fraction of sp³-hybridized carbons (Fsp3) is 1.00. The average molecular weight is 319 g/mol. The molecule has 0 aromatic heterocycles. The van der Waals surface area contributed by atoms with Gasteiger partial charge in [0.05, 0.1) is 12.7 Å². The van der Waals surface area contributed by atoms with E-state index in [0.717, 1.165) is 25.7 Å². The summed E-state index contributed by atoms with van der Waals surface area (Å²) in [5, 5.41) is 0. The first-order valence-electron chi connectivity index (χ1n) is 7.99. The first-order valence-corrected chi connectivity index (χ1v) is 9.43. The van der Waals surface area contributed by atoms with E-state index in [2.05, 4.69) is 4.72 Å². The van der Waals surface area contributed by atoms with Gasteiger partial charge in [0.15, 0.2) is 0 Å². The minimum Gasteiger partial charge on any atom is -0.375 e. The van der Waals surface area contributed by atoms with Crippen LogP contribution in [0.1, 0.15) is 52.4 Å². The highest BCUT2D eigenvalue weighted by molar-refractivity contribution is 7.87. The Labute approximate surface area is 128 Å². The predicted octanol–water partition coefficient (Wildman–Crippen LogP) is 0.982. The molecule has 1 heterocycles. The Morgan fingerprint density at radius 1 is 1.24 bits per heavy atom. The SMILES string of the molecule is C[C@@H]1CN(S(=O)(=O)NCC2(N)CCCCCC2)[C@@H](C)CO1. The Morgan fingerprint density at radius 2 is 1.86 bits per heavy atom. The molecule has 0 amide bonds. The van der Waals surface area contributed by atoms with E-state index in [1.54, 1.807) is 0 Å². The van der Waals surface area contributed by atoms with Crippen molar-refractivity contribution in [2.45, 2.75) is 70.1 Å². The zero-order chi connectivity index (χ0) is 15.5. The first-order chi connectivity index (χ1) is 9.82. The largest absolute Gasteiger partial charge is 0.375 e. The summed E-state index contributed by atoms with van der Waals surface area (Å²) in [5.41, 5.74) is 5.99. The van der Waals surface area contributed by atoms with Crippen LogP contribution in [0.4, 0.5) is 0 Å². The van der Waals surface area contributed by atoms with E-state index in [1.807, 2.05) is 13.8 Å². The number of ether oxygens (including phenoxy) is 1. The van der Waals surface area contributed by atoms with Crippen molar-refractivity contribution in [1.82, 2.24) is 9.03 Å². The summed E-state index contributed by atoms with van der Waals surface area (Å²) in [6.45, 7) is 4.93. The van der Waals surface area contributed by atoms with Crippen LogP contribution in [0.25, 0.3) is 0 Å². The normalized spacial score (nSPS) is 31.8. The first kappa shape index (κ1) is 17.1.